The molecule has 0 saturated carbocycles. The van der Waals surface area contributed by atoms with Crippen molar-refractivity contribution in [2.45, 2.75) is 41.0 Å². The lowest BCUT2D eigenvalue weighted by Crippen LogP contribution is -2.44. The van der Waals surface area contributed by atoms with Gasteiger partial charge in [0.25, 0.3) is 0 Å². The zero-order chi connectivity index (χ0) is 15.9. The fourth-order valence-corrected chi connectivity index (χ4v) is 2.32. The van der Waals surface area contributed by atoms with Crippen molar-refractivity contribution in [2.24, 2.45) is 23.0 Å². The monoisotopic (exact) mass is 285 g/mol. The molecule has 0 radical (unpaired) electrons. The first-order chi connectivity index (χ1) is 9.06. The van der Waals surface area contributed by atoms with Crippen molar-refractivity contribution in [3.8, 4) is 0 Å². The van der Waals surface area contributed by atoms with Crippen LogP contribution in [0.4, 0.5) is 0 Å². The summed E-state index contributed by atoms with van der Waals surface area (Å²) in [4.78, 5) is 16.8. The fourth-order valence-electron chi connectivity index (χ4n) is 2.32. The van der Waals surface area contributed by atoms with Crippen molar-refractivity contribution in [3.63, 3.8) is 0 Å². The van der Waals surface area contributed by atoms with Crippen molar-refractivity contribution in [1.29, 1.82) is 0 Å². The maximum Gasteiger partial charge on any atom is 0.227 e. The molecule has 1 amide bonds. The smallest absolute Gasteiger partial charge is 0.227 e. The van der Waals surface area contributed by atoms with Crippen LogP contribution < -0.4 is 5.73 Å². The first kappa shape index (κ1) is 19.4. The van der Waals surface area contributed by atoms with Gasteiger partial charge in [-0.1, -0.05) is 34.6 Å². The number of carbonyl (C=O) groups is 1. The van der Waals surface area contributed by atoms with Crippen LogP contribution in [0.25, 0.3) is 0 Å². The molecule has 4 nitrogen and oxygen atoms in total. The van der Waals surface area contributed by atoms with Crippen molar-refractivity contribution < 1.29 is 4.79 Å². The third kappa shape index (κ3) is 8.54. The van der Waals surface area contributed by atoms with Crippen LogP contribution in [0.2, 0.25) is 0 Å². The highest BCUT2D eigenvalue weighted by molar-refractivity contribution is 5.79. The van der Waals surface area contributed by atoms with E-state index in [4.69, 9.17) is 5.73 Å². The molecular formula is C16H35N3O. The van der Waals surface area contributed by atoms with E-state index in [9.17, 15) is 4.79 Å². The molecule has 0 aliphatic heterocycles. The molecule has 0 bridgehead atoms. The molecule has 0 aromatic rings. The van der Waals surface area contributed by atoms with Gasteiger partial charge in [-0.2, -0.15) is 0 Å². The topological polar surface area (TPSA) is 49.6 Å². The van der Waals surface area contributed by atoms with Crippen LogP contribution in [0.15, 0.2) is 0 Å². The summed E-state index contributed by atoms with van der Waals surface area (Å²) < 4.78 is 0. The molecule has 120 valence electrons. The van der Waals surface area contributed by atoms with Crippen LogP contribution >= 0.6 is 0 Å². The Morgan fingerprint density at radius 2 is 1.70 bits per heavy atom. The van der Waals surface area contributed by atoms with Crippen molar-refractivity contribution >= 4 is 5.91 Å². The second-order valence-corrected chi connectivity index (χ2v) is 7.68. The first-order valence-electron chi connectivity index (χ1n) is 7.70. The molecular weight excluding hydrogens is 250 g/mol. The van der Waals surface area contributed by atoms with E-state index in [2.05, 4.69) is 39.5 Å². The van der Waals surface area contributed by atoms with Crippen molar-refractivity contribution in [1.82, 2.24) is 9.80 Å². The Kier molecular flexibility index (Phi) is 8.36. The van der Waals surface area contributed by atoms with Gasteiger partial charge >= 0.3 is 0 Å². The van der Waals surface area contributed by atoms with Gasteiger partial charge in [-0.15, -0.1) is 0 Å². The number of hydrogen-bond donors (Lipinski definition) is 1. The Labute approximate surface area is 125 Å². The van der Waals surface area contributed by atoms with Crippen LogP contribution in [0.1, 0.15) is 41.0 Å². The highest BCUT2D eigenvalue weighted by Gasteiger charge is 2.27. The first-order valence-corrected chi connectivity index (χ1v) is 7.70. The summed E-state index contributed by atoms with van der Waals surface area (Å²) >= 11 is 0. The number of amides is 1. The zero-order valence-electron chi connectivity index (χ0n) is 14.6. The van der Waals surface area contributed by atoms with E-state index >= 15 is 0 Å². The molecule has 0 aliphatic rings. The molecule has 0 aromatic heterocycles. The molecule has 0 spiro atoms. The van der Waals surface area contributed by atoms with Crippen LogP contribution in [0.5, 0.6) is 0 Å². The van der Waals surface area contributed by atoms with Crippen LogP contribution in [0, 0.1) is 17.3 Å². The average molecular weight is 285 g/mol. The van der Waals surface area contributed by atoms with Gasteiger partial charge in [-0.3, -0.25) is 4.79 Å². The predicted molar refractivity (Wildman–Crippen MR) is 86.6 cm³/mol. The Hall–Kier alpha value is -0.610. The van der Waals surface area contributed by atoms with Crippen LogP contribution in [0.3, 0.4) is 0 Å². The SMILES string of the molecule is CC(C)CN(CCN(C)C)C(=O)C(CN)CC(C)(C)C. The van der Waals surface area contributed by atoms with Crippen LogP contribution in [-0.4, -0.2) is 56.0 Å². The summed E-state index contributed by atoms with van der Waals surface area (Å²) in [6.07, 6.45) is 0.846. The van der Waals surface area contributed by atoms with E-state index in [-0.39, 0.29) is 17.2 Å². The maximum atomic E-state index is 12.7. The molecule has 0 saturated heterocycles. The Balaban J connectivity index is 4.79. The molecule has 1 atom stereocenters. The fraction of sp³-hybridized carbons (Fsp3) is 0.938. The second kappa shape index (κ2) is 8.63. The highest BCUT2D eigenvalue weighted by Crippen LogP contribution is 2.25. The third-order valence-electron chi connectivity index (χ3n) is 3.21. The van der Waals surface area contributed by atoms with E-state index in [0.29, 0.717) is 12.5 Å². The number of likely N-dealkylation sites (N-methyl/N-ethyl adjacent to an activating group) is 1. The van der Waals surface area contributed by atoms with E-state index in [0.717, 1.165) is 26.1 Å². The standard InChI is InChI=1S/C16H35N3O/c1-13(2)12-19(9-8-18(6)7)15(20)14(11-17)10-16(3,4)5/h13-14H,8-12,17H2,1-7H3. The van der Waals surface area contributed by atoms with Gasteiger partial charge in [0, 0.05) is 26.2 Å². The molecule has 0 heterocycles. The van der Waals surface area contributed by atoms with Gasteiger partial charge in [-0.25, -0.2) is 0 Å². The predicted octanol–water partition coefficient (Wildman–Crippen LogP) is 2.04. The van der Waals surface area contributed by atoms with E-state index in [1.54, 1.807) is 0 Å². The van der Waals surface area contributed by atoms with Gasteiger partial charge in [0.15, 0.2) is 0 Å². The van der Waals surface area contributed by atoms with Crippen LogP contribution in [-0.2, 0) is 4.79 Å². The minimum Gasteiger partial charge on any atom is -0.341 e. The molecule has 0 aromatic carbocycles. The minimum absolute atomic E-state index is 0.0593. The van der Waals surface area contributed by atoms with Gasteiger partial charge in [-0.05, 0) is 31.8 Å². The Morgan fingerprint density at radius 1 is 1.15 bits per heavy atom. The summed E-state index contributed by atoms with van der Waals surface area (Å²) in [5.41, 5.74) is 5.98. The maximum absolute atomic E-state index is 12.7. The molecule has 4 heteroatoms. The zero-order valence-corrected chi connectivity index (χ0v) is 14.6. The van der Waals surface area contributed by atoms with Crippen molar-refractivity contribution in [3.05, 3.63) is 0 Å². The Morgan fingerprint density at radius 3 is 2.05 bits per heavy atom. The summed E-state index contributed by atoms with van der Waals surface area (Å²) in [7, 11) is 4.07. The number of rotatable bonds is 8. The molecule has 1 unspecified atom stereocenters. The molecule has 2 N–H and O–H groups in total. The summed E-state index contributed by atoms with van der Waals surface area (Å²) in [5, 5.41) is 0. The number of nitrogens with zero attached hydrogens (tertiary/aromatic N) is 2. The van der Waals surface area contributed by atoms with E-state index in [1.165, 1.54) is 0 Å². The largest absolute Gasteiger partial charge is 0.341 e. The van der Waals surface area contributed by atoms with E-state index < -0.39 is 0 Å². The van der Waals surface area contributed by atoms with Gasteiger partial charge < -0.3 is 15.5 Å². The molecule has 0 aliphatic carbocycles. The number of nitrogens with two attached hydrogens (primary N) is 1. The lowest BCUT2D eigenvalue weighted by molar-refractivity contribution is -0.136. The normalized spacial score (nSPS) is 13.9. The molecule has 20 heavy (non-hydrogen) atoms. The molecule has 0 fully saturated rings. The number of carbonyl (C=O) groups excluding carboxylic acids is 1. The van der Waals surface area contributed by atoms with Gasteiger partial charge in [0.05, 0.1) is 5.92 Å². The van der Waals surface area contributed by atoms with Gasteiger partial charge in [0.2, 0.25) is 5.91 Å². The Bertz CT molecular complexity index is 282. The third-order valence-corrected chi connectivity index (χ3v) is 3.21. The lowest BCUT2D eigenvalue weighted by Gasteiger charge is -2.32. The van der Waals surface area contributed by atoms with E-state index in [1.807, 2.05) is 19.0 Å². The number of hydrogen-bond acceptors (Lipinski definition) is 3. The summed E-state index contributed by atoms with van der Waals surface area (Å²) in [5.74, 6) is 0.642. The molecule has 0 rings (SSSR count). The average Bonchev–Trinajstić information content (AvgIpc) is 2.28. The lowest BCUT2D eigenvalue weighted by atomic mass is 9.84. The summed E-state index contributed by atoms with van der Waals surface area (Å²) in [6.45, 7) is 13.7. The van der Waals surface area contributed by atoms with Crippen molar-refractivity contribution in [2.75, 3.05) is 40.3 Å². The quantitative estimate of drug-likeness (QED) is 0.742. The van der Waals surface area contributed by atoms with Gasteiger partial charge in [0.1, 0.15) is 0 Å². The minimum atomic E-state index is -0.0593. The highest BCUT2D eigenvalue weighted by atomic mass is 16.2. The second-order valence-electron chi connectivity index (χ2n) is 7.68. The summed E-state index contributed by atoms with van der Waals surface area (Å²) in [6, 6.07) is 0.